The molecule has 0 unspecified atom stereocenters. The molecule has 2 rings (SSSR count). The van der Waals surface area contributed by atoms with Crippen LogP contribution in [0.15, 0.2) is 59.4 Å². The van der Waals surface area contributed by atoms with Crippen LogP contribution in [0.4, 0.5) is 0 Å². The molecule has 7 heteroatoms. The lowest BCUT2D eigenvalue weighted by Crippen LogP contribution is -2.00. The van der Waals surface area contributed by atoms with Crippen molar-refractivity contribution in [3.8, 4) is 6.07 Å². The third kappa shape index (κ3) is 7.00. The minimum absolute atomic E-state index is 0.228. The molecule has 0 aliphatic rings. The van der Waals surface area contributed by atoms with E-state index in [1.807, 2.05) is 30.3 Å². The van der Waals surface area contributed by atoms with Gasteiger partial charge in [0.25, 0.3) is 0 Å². The molecule has 1 heterocycles. The third-order valence-electron chi connectivity index (χ3n) is 3.45. The minimum atomic E-state index is 0.228. The maximum absolute atomic E-state index is 9.69. The summed E-state index contributed by atoms with van der Waals surface area (Å²) in [4.78, 5) is 12.7. The van der Waals surface area contributed by atoms with E-state index in [0.717, 1.165) is 29.2 Å². The fraction of sp³-hybridized carbons (Fsp3) is 0.250. The lowest BCUT2D eigenvalue weighted by atomic mass is 10.1. The van der Waals surface area contributed by atoms with Crippen LogP contribution >= 0.6 is 23.5 Å². The molecule has 0 aliphatic carbocycles. The molecule has 1 aromatic carbocycles. The Bertz CT molecular complexity index is 826. The summed E-state index contributed by atoms with van der Waals surface area (Å²) >= 11 is 3.15. The zero-order chi connectivity index (χ0) is 19.3. The Morgan fingerprint density at radius 2 is 1.96 bits per heavy atom. The zero-order valence-corrected chi connectivity index (χ0v) is 16.8. The van der Waals surface area contributed by atoms with E-state index in [2.05, 4.69) is 28.0 Å². The predicted octanol–water partition coefficient (Wildman–Crippen LogP) is 5.03. The van der Waals surface area contributed by atoms with Crippen molar-refractivity contribution in [2.45, 2.75) is 19.8 Å². The molecule has 1 N–H and O–H groups in total. The lowest BCUT2D eigenvalue weighted by molar-refractivity contribution is 0.897. The summed E-state index contributed by atoms with van der Waals surface area (Å²) in [6, 6.07) is 13.3. The second-order valence-corrected chi connectivity index (χ2v) is 7.88. The number of benzene rings is 1. The van der Waals surface area contributed by atoms with Gasteiger partial charge in [-0.2, -0.15) is 17.0 Å². The Hall–Kier alpha value is -2.43. The normalized spacial score (nSPS) is 11.9. The van der Waals surface area contributed by atoms with Crippen LogP contribution in [0.5, 0.6) is 0 Å². The van der Waals surface area contributed by atoms with Crippen molar-refractivity contribution in [3.63, 3.8) is 0 Å². The highest BCUT2D eigenvalue weighted by atomic mass is 32.2. The number of thioether (sulfide) groups is 2. The number of hydrogen-bond acceptors (Lipinski definition) is 7. The van der Waals surface area contributed by atoms with Gasteiger partial charge in [-0.15, -0.1) is 0 Å². The van der Waals surface area contributed by atoms with Gasteiger partial charge in [-0.3, -0.25) is 10.4 Å². The average molecular weight is 396 g/mol. The highest BCUT2D eigenvalue weighted by Crippen LogP contribution is 2.26. The molecule has 0 saturated carbocycles. The summed E-state index contributed by atoms with van der Waals surface area (Å²) in [5, 5.41) is 19.0. The van der Waals surface area contributed by atoms with E-state index < -0.39 is 0 Å². The number of aliphatic imine (C=N–C) groups is 1. The summed E-state index contributed by atoms with van der Waals surface area (Å²) < 4.78 is 0. The van der Waals surface area contributed by atoms with E-state index in [0.29, 0.717) is 11.5 Å². The van der Waals surface area contributed by atoms with E-state index in [1.165, 1.54) is 18.0 Å². The Labute approximate surface area is 168 Å². The molecule has 0 radical (unpaired) electrons. The largest absolute Gasteiger partial charge is 0.293 e. The van der Waals surface area contributed by atoms with Crippen molar-refractivity contribution in [2.24, 2.45) is 4.99 Å². The van der Waals surface area contributed by atoms with Crippen molar-refractivity contribution in [3.05, 3.63) is 65.8 Å². The van der Waals surface area contributed by atoms with Crippen LogP contribution in [0, 0.1) is 16.7 Å². The summed E-state index contributed by atoms with van der Waals surface area (Å²) in [5.74, 6) is 1.52. The van der Waals surface area contributed by atoms with Gasteiger partial charge < -0.3 is 0 Å². The van der Waals surface area contributed by atoms with E-state index in [9.17, 15) is 5.26 Å². The zero-order valence-electron chi connectivity index (χ0n) is 15.1. The molecule has 0 fully saturated rings. The smallest absolute Gasteiger partial charge is 0.170 e. The quantitative estimate of drug-likeness (QED) is 0.211. The molecule has 2 aromatic rings. The van der Waals surface area contributed by atoms with Gasteiger partial charge in [0.05, 0.1) is 11.9 Å². The van der Waals surface area contributed by atoms with E-state index >= 15 is 0 Å². The van der Waals surface area contributed by atoms with Gasteiger partial charge >= 0.3 is 0 Å². The van der Waals surface area contributed by atoms with Gasteiger partial charge in [0.2, 0.25) is 0 Å². The average Bonchev–Trinajstić information content (AvgIpc) is 2.72. The second kappa shape index (κ2) is 12.0. The summed E-state index contributed by atoms with van der Waals surface area (Å²) in [7, 11) is 0. The molecular formula is C20H21N5S2. The van der Waals surface area contributed by atoms with E-state index in [4.69, 9.17) is 5.41 Å². The van der Waals surface area contributed by atoms with Gasteiger partial charge in [0.1, 0.15) is 16.7 Å². The van der Waals surface area contributed by atoms with Crippen LogP contribution in [-0.4, -0.2) is 32.1 Å². The lowest BCUT2D eigenvalue weighted by Gasteiger charge is -2.08. The van der Waals surface area contributed by atoms with Crippen LogP contribution in [0.2, 0.25) is 0 Å². The summed E-state index contributed by atoms with van der Waals surface area (Å²) in [6.45, 7) is 2.16. The summed E-state index contributed by atoms with van der Waals surface area (Å²) in [5.41, 5.74) is 1.50. The number of rotatable bonds is 9. The number of nitrogens with zero attached hydrogens (tertiary/aromatic N) is 4. The first-order valence-electron chi connectivity index (χ1n) is 8.56. The highest BCUT2D eigenvalue weighted by Gasteiger charge is 2.14. The van der Waals surface area contributed by atoms with E-state index in [-0.39, 0.29) is 10.6 Å². The molecule has 1 aromatic heterocycles. The Kier molecular flexibility index (Phi) is 9.31. The van der Waals surface area contributed by atoms with Crippen LogP contribution in [-0.2, 0) is 0 Å². The van der Waals surface area contributed by atoms with Crippen molar-refractivity contribution >= 4 is 40.5 Å². The monoisotopic (exact) mass is 395 g/mol. The number of nitrogens with one attached hydrogen (secondary N) is 1. The van der Waals surface area contributed by atoms with Crippen LogP contribution in [0.1, 0.15) is 31.2 Å². The minimum Gasteiger partial charge on any atom is -0.293 e. The molecule has 5 nitrogen and oxygen atoms in total. The van der Waals surface area contributed by atoms with E-state index in [1.54, 1.807) is 30.2 Å². The Morgan fingerprint density at radius 1 is 1.22 bits per heavy atom. The van der Waals surface area contributed by atoms with Crippen LogP contribution < -0.4 is 0 Å². The molecule has 0 amide bonds. The van der Waals surface area contributed by atoms with Gasteiger partial charge in [0.15, 0.2) is 5.82 Å². The van der Waals surface area contributed by atoms with Gasteiger partial charge in [0, 0.05) is 23.0 Å². The molecule has 0 aliphatic heterocycles. The topological polar surface area (TPSA) is 85.8 Å². The second-order valence-electron chi connectivity index (χ2n) is 5.42. The first-order chi connectivity index (χ1) is 13.3. The number of aromatic nitrogens is 2. The molecule has 27 heavy (non-hydrogen) atoms. The Balaban J connectivity index is 2.27. The van der Waals surface area contributed by atoms with Crippen molar-refractivity contribution in [2.75, 3.05) is 10.8 Å². The fourth-order valence-corrected chi connectivity index (χ4v) is 4.12. The number of hydrogen-bond donors (Lipinski definition) is 1. The first kappa shape index (κ1) is 20.9. The number of nitriles is 1. The maximum Gasteiger partial charge on any atom is 0.170 e. The standard InChI is InChI=1S/C20H21N5S2/c1-2-3-12-26-15-27-20(22)17(13-21)19(16-8-5-4-6-9-16)25-14-18-23-10-7-11-24-18/h4-11,14,22H,2-3,12,15H2,1H3/b19-17-,22-20?,25-14?. The summed E-state index contributed by atoms with van der Waals surface area (Å²) in [6.07, 6.45) is 7.12. The highest BCUT2D eigenvalue weighted by molar-refractivity contribution is 8.24. The maximum atomic E-state index is 9.69. The van der Waals surface area contributed by atoms with Crippen LogP contribution in [0.3, 0.4) is 0 Å². The van der Waals surface area contributed by atoms with Gasteiger partial charge in [-0.1, -0.05) is 55.4 Å². The first-order valence-corrected chi connectivity index (χ1v) is 10.7. The SMILES string of the molecule is CCCCSCSC(=N)/C(C#N)=C(\N=Cc1ncccn1)c1ccccc1. The fourth-order valence-electron chi connectivity index (χ4n) is 2.07. The molecule has 0 spiro atoms. The molecule has 0 saturated heterocycles. The molecule has 0 bridgehead atoms. The van der Waals surface area contributed by atoms with Crippen molar-refractivity contribution in [1.29, 1.82) is 10.7 Å². The van der Waals surface area contributed by atoms with Crippen molar-refractivity contribution in [1.82, 2.24) is 9.97 Å². The third-order valence-corrected chi connectivity index (χ3v) is 5.65. The van der Waals surface area contributed by atoms with Crippen molar-refractivity contribution < 1.29 is 0 Å². The Morgan fingerprint density at radius 3 is 2.63 bits per heavy atom. The number of unbranched alkanes of at least 4 members (excludes halogenated alkanes) is 1. The molecule has 0 atom stereocenters. The van der Waals surface area contributed by atoms with Crippen LogP contribution in [0.25, 0.3) is 5.70 Å². The van der Waals surface area contributed by atoms with Gasteiger partial charge in [-0.25, -0.2) is 9.97 Å². The van der Waals surface area contributed by atoms with Gasteiger partial charge in [-0.05, 0) is 18.2 Å². The molecule has 138 valence electrons. The predicted molar refractivity (Wildman–Crippen MR) is 116 cm³/mol. The molecular weight excluding hydrogens is 374 g/mol.